The van der Waals surface area contributed by atoms with Crippen LogP contribution in [-0.2, 0) is 27.9 Å². The number of phosphoric acid groups is 1. The molecule has 1 unspecified atom stereocenters. The SMILES string of the molecule is CC/C=C\C/C=C\C/C=C\C/C=C\CCCCCCC(=O)OC[C@H](COP(=O)(O)OCCN)O/C=C\CCCCCCCCCCCCCCCC. The van der Waals surface area contributed by atoms with Gasteiger partial charge in [-0.1, -0.05) is 159 Å². The minimum atomic E-state index is -4.27. The molecule has 0 radical (unpaired) electrons. The van der Waals surface area contributed by atoms with Crippen LogP contribution in [0.4, 0.5) is 0 Å². The van der Waals surface area contributed by atoms with Gasteiger partial charge in [0.15, 0.2) is 6.10 Å². The predicted octanol–water partition coefficient (Wildman–Crippen LogP) is 12.5. The Morgan fingerprint density at radius 2 is 1.10 bits per heavy atom. The number of rotatable bonds is 39. The summed E-state index contributed by atoms with van der Waals surface area (Å²) in [5, 5.41) is 0. The monoisotopic (exact) mass is 752 g/mol. The first-order valence-electron chi connectivity index (χ1n) is 20.8. The Bertz CT molecular complexity index is 979. The zero-order valence-corrected chi connectivity index (χ0v) is 34.2. The minimum Gasteiger partial charge on any atom is -0.492 e. The number of allylic oxidation sites excluding steroid dienone is 9. The molecule has 0 spiro atoms. The molecule has 0 aromatic carbocycles. The Balaban J connectivity index is 4.15. The second kappa shape index (κ2) is 40.2. The Labute approximate surface area is 319 Å². The zero-order chi connectivity index (χ0) is 38.1. The van der Waals surface area contributed by atoms with E-state index in [2.05, 4.69) is 62.5 Å². The lowest BCUT2D eigenvalue weighted by Crippen LogP contribution is -2.25. The van der Waals surface area contributed by atoms with Gasteiger partial charge >= 0.3 is 13.8 Å². The average Bonchev–Trinajstić information content (AvgIpc) is 3.14. The Morgan fingerprint density at radius 3 is 1.63 bits per heavy atom. The summed E-state index contributed by atoms with van der Waals surface area (Å²) in [7, 11) is -4.27. The molecule has 0 saturated heterocycles. The van der Waals surface area contributed by atoms with Gasteiger partial charge in [-0.2, -0.15) is 0 Å². The first-order chi connectivity index (χ1) is 25.4. The van der Waals surface area contributed by atoms with Crippen molar-refractivity contribution in [2.75, 3.05) is 26.4 Å². The van der Waals surface area contributed by atoms with Crippen LogP contribution in [-0.4, -0.2) is 43.3 Å². The van der Waals surface area contributed by atoms with Crippen molar-refractivity contribution in [2.24, 2.45) is 5.73 Å². The normalized spacial score (nSPS) is 14.1. The predicted molar refractivity (Wildman–Crippen MR) is 219 cm³/mol. The van der Waals surface area contributed by atoms with E-state index in [1.165, 1.54) is 83.5 Å². The van der Waals surface area contributed by atoms with E-state index in [4.69, 9.17) is 24.3 Å². The van der Waals surface area contributed by atoms with Gasteiger partial charge in [0.05, 0.1) is 19.5 Å². The van der Waals surface area contributed by atoms with Gasteiger partial charge in [-0.15, -0.1) is 0 Å². The highest BCUT2D eigenvalue weighted by atomic mass is 31.2. The van der Waals surface area contributed by atoms with Crippen LogP contribution in [0.5, 0.6) is 0 Å². The van der Waals surface area contributed by atoms with E-state index in [-0.39, 0.29) is 32.3 Å². The van der Waals surface area contributed by atoms with Crippen molar-refractivity contribution >= 4 is 13.8 Å². The minimum absolute atomic E-state index is 0.0786. The van der Waals surface area contributed by atoms with Gasteiger partial charge in [0.25, 0.3) is 0 Å². The third kappa shape index (κ3) is 39.3. The second-order valence-corrected chi connectivity index (χ2v) is 15.0. The number of ether oxygens (including phenoxy) is 2. The summed E-state index contributed by atoms with van der Waals surface area (Å²) in [4.78, 5) is 22.2. The lowest BCUT2D eigenvalue weighted by Gasteiger charge is -2.19. The Hall–Kier alpha value is -1.96. The van der Waals surface area contributed by atoms with Crippen LogP contribution in [0.3, 0.4) is 0 Å². The average molecular weight is 752 g/mol. The molecule has 9 heteroatoms. The second-order valence-electron chi connectivity index (χ2n) is 13.5. The molecule has 0 aliphatic carbocycles. The van der Waals surface area contributed by atoms with Crippen molar-refractivity contribution in [3.63, 3.8) is 0 Å². The Kier molecular flexibility index (Phi) is 38.7. The molecular weight excluding hydrogens is 673 g/mol. The fourth-order valence-electron chi connectivity index (χ4n) is 5.44. The molecule has 0 amide bonds. The highest BCUT2D eigenvalue weighted by Crippen LogP contribution is 2.43. The van der Waals surface area contributed by atoms with E-state index in [1.54, 1.807) is 6.26 Å². The van der Waals surface area contributed by atoms with Gasteiger partial charge in [-0.05, 0) is 63.9 Å². The molecule has 52 heavy (non-hydrogen) atoms. The maximum atomic E-state index is 12.4. The molecule has 0 aromatic heterocycles. The van der Waals surface area contributed by atoms with E-state index >= 15 is 0 Å². The number of esters is 1. The molecule has 0 aliphatic rings. The molecule has 0 saturated carbocycles. The number of carbonyl (C=O) groups excluding carboxylic acids is 1. The lowest BCUT2D eigenvalue weighted by atomic mass is 10.0. The third-order valence-electron chi connectivity index (χ3n) is 8.54. The van der Waals surface area contributed by atoms with Gasteiger partial charge < -0.3 is 20.1 Å². The summed E-state index contributed by atoms with van der Waals surface area (Å²) in [6.07, 6.45) is 49.1. The molecular formula is C43H78NO7P. The fourth-order valence-corrected chi connectivity index (χ4v) is 6.21. The van der Waals surface area contributed by atoms with Crippen molar-refractivity contribution in [3.8, 4) is 0 Å². The van der Waals surface area contributed by atoms with Gasteiger partial charge in [-0.25, -0.2) is 4.57 Å². The van der Waals surface area contributed by atoms with Gasteiger partial charge in [0.1, 0.15) is 6.61 Å². The van der Waals surface area contributed by atoms with E-state index < -0.39 is 13.9 Å². The lowest BCUT2D eigenvalue weighted by molar-refractivity contribution is -0.147. The molecule has 8 nitrogen and oxygen atoms in total. The molecule has 3 N–H and O–H groups in total. The standard InChI is InChI=1S/C43H78NO7P/c1-3-5-7-9-11-13-15-17-19-21-22-24-26-28-30-32-34-36-43(45)49-40-42(41-51-52(46,47)50-39-37-44)48-38-35-33-31-29-27-25-23-20-18-16-14-12-10-8-6-4-2/h5,7,11,13,17,19,22,24,35,38,42H,3-4,6,8-10,12,14-16,18,20-21,23,25-34,36-37,39-41,44H2,1-2H3,(H,46,47)/b7-5-,13-11-,19-17-,24-22-,38-35-/t42-/m1/s1. The highest BCUT2D eigenvalue weighted by molar-refractivity contribution is 7.47. The molecule has 0 bridgehead atoms. The molecule has 0 rings (SSSR count). The number of carbonyl (C=O) groups is 1. The third-order valence-corrected chi connectivity index (χ3v) is 9.52. The number of phosphoric ester groups is 1. The first kappa shape index (κ1) is 50.0. The quantitative estimate of drug-likeness (QED) is 0.0210. The highest BCUT2D eigenvalue weighted by Gasteiger charge is 2.24. The maximum absolute atomic E-state index is 12.4. The van der Waals surface area contributed by atoms with Crippen LogP contribution in [0.25, 0.3) is 0 Å². The number of nitrogens with two attached hydrogens (primary N) is 1. The summed E-state index contributed by atoms with van der Waals surface area (Å²) >= 11 is 0. The summed E-state index contributed by atoms with van der Waals surface area (Å²) in [6, 6.07) is 0. The van der Waals surface area contributed by atoms with Crippen molar-refractivity contribution in [3.05, 3.63) is 60.9 Å². The van der Waals surface area contributed by atoms with Crippen LogP contribution in [0.15, 0.2) is 60.9 Å². The number of unbranched alkanes of at least 4 members (excludes halogenated alkanes) is 18. The van der Waals surface area contributed by atoms with Crippen molar-refractivity contribution in [1.29, 1.82) is 0 Å². The van der Waals surface area contributed by atoms with Crippen LogP contribution >= 0.6 is 7.82 Å². The van der Waals surface area contributed by atoms with Crippen LogP contribution in [0, 0.1) is 0 Å². The van der Waals surface area contributed by atoms with Gasteiger partial charge in [0, 0.05) is 13.0 Å². The molecule has 0 fully saturated rings. The zero-order valence-electron chi connectivity index (χ0n) is 33.3. The molecule has 0 aliphatic heterocycles. The summed E-state index contributed by atoms with van der Waals surface area (Å²) < 4.78 is 33.1. The molecule has 0 heterocycles. The molecule has 2 atom stereocenters. The van der Waals surface area contributed by atoms with Crippen molar-refractivity contribution in [1.82, 2.24) is 0 Å². The van der Waals surface area contributed by atoms with E-state index in [1.807, 2.05) is 6.08 Å². The first-order valence-corrected chi connectivity index (χ1v) is 22.3. The maximum Gasteiger partial charge on any atom is 0.472 e. The van der Waals surface area contributed by atoms with Crippen molar-refractivity contribution in [2.45, 2.75) is 180 Å². The smallest absolute Gasteiger partial charge is 0.472 e. The van der Waals surface area contributed by atoms with Crippen LogP contribution in [0.1, 0.15) is 174 Å². The topological polar surface area (TPSA) is 117 Å². The molecule has 302 valence electrons. The van der Waals surface area contributed by atoms with E-state index in [0.29, 0.717) is 6.42 Å². The molecule has 0 aromatic rings. The van der Waals surface area contributed by atoms with E-state index in [9.17, 15) is 14.3 Å². The van der Waals surface area contributed by atoms with E-state index in [0.717, 1.165) is 70.6 Å². The van der Waals surface area contributed by atoms with Crippen LogP contribution in [0.2, 0.25) is 0 Å². The number of hydrogen-bond acceptors (Lipinski definition) is 7. The number of hydrogen-bond donors (Lipinski definition) is 2. The Morgan fingerprint density at radius 1 is 0.615 bits per heavy atom. The van der Waals surface area contributed by atoms with Crippen molar-refractivity contribution < 1.29 is 32.8 Å². The fraction of sp³-hybridized carbons (Fsp3) is 0.744. The van der Waals surface area contributed by atoms with Gasteiger partial charge in [-0.3, -0.25) is 13.8 Å². The van der Waals surface area contributed by atoms with Crippen LogP contribution < -0.4 is 5.73 Å². The summed E-state index contributed by atoms with van der Waals surface area (Å²) in [5.41, 5.74) is 5.36. The summed E-state index contributed by atoms with van der Waals surface area (Å²) in [6.45, 7) is 4.07. The van der Waals surface area contributed by atoms with Gasteiger partial charge in [0.2, 0.25) is 0 Å². The largest absolute Gasteiger partial charge is 0.492 e. The summed E-state index contributed by atoms with van der Waals surface area (Å²) in [5.74, 6) is -0.314.